The van der Waals surface area contributed by atoms with Gasteiger partial charge in [0.15, 0.2) is 17.9 Å². The van der Waals surface area contributed by atoms with Gasteiger partial charge in [-0.1, -0.05) is 12.1 Å². The van der Waals surface area contributed by atoms with E-state index in [0.717, 1.165) is 37.1 Å². The molecule has 4 aromatic rings. The van der Waals surface area contributed by atoms with Gasteiger partial charge in [-0.2, -0.15) is 5.10 Å². The van der Waals surface area contributed by atoms with E-state index < -0.39 is 102 Å². The maximum atomic E-state index is 14.0. The summed E-state index contributed by atoms with van der Waals surface area (Å²) in [5.41, 5.74) is -0.308. The van der Waals surface area contributed by atoms with Gasteiger partial charge in [0.05, 0.1) is 66.5 Å². The van der Waals surface area contributed by atoms with E-state index >= 15 is 0 Å². The molecule has 3 aromatic carbocycles. The number of esters is 1. The predicted octanol–water partition coefficient (Wildman–Crippen LogP) is 3.21. The molecule has 9 atom stereocenters. The number of ether oxygens (including phenoxy) is 4. The Labute approximate surface area is 373 Å². The van der Waals surface area contributed by atoms with E-state index in [1.165, 1.54) is 30.9 Å². The van der Waals surface area contributed by atoms with Crippen LogP contribution >= 0.6 is 0 Å². The second-order valence-electron chi connectivity index (χ2n) is 17.9. The van der Waals surface area contributed by atoms with Crippen molar-refractivity contribution in [1.29, 1.82) is 0 Å². The van der Waals surface area contributed by atoms with Gasteiger partial charge < -0.3 is 49.8 Å². The fourth-order valence-corrected chi connectivity index (χ4v) is 10.6. The van der Waals surface area contributed by atoms with Crippen molar-refractivity contribution in [3.05, 3.63) is 98.9 Å². The molecular formula is C48H51N3O14. The van der Waals surface area contributed by atoms with Crippen LogP contribution in [0.4, 0.5) is 0 Å². The number of nitrogens with zero attached hydrogens (tertiary/aromatic N) is 2. The topological polar surface area (TPSA) is 253 Å². The lowest BCUT2D eigenvalue weighted by Crippen LogP contribution is -2.49. The molecule has 17 nitrogen and oxygen atoms in total. The molecule has 0 radical (unpaired) electrons. The van der Waals surface area contributed by atoms with E-state index in [4.69, 9.17) is 24.0 Å². The number of carbonyl (C=O) groups excluding carboxylic acids is 5. The van der Waals surface area contributed by atoms with Crippen LogP contribution in [0, 0.1) is 23.7 Å². The number of aliphatic hydroxyl groups excluding tert-OH is 2. The number of methoxy groups -OCH3 is 1. The van der Waals surface area contributed by atoms with E-state index in [0.29, 0.717) is 17.4 Å². The van der Waals surface area contributed by atoms with Crippen molar-refractivity contribution in [2.24, 2.45) is 23.7 Å². The zero-order valence-corrected chi connectivity index (χ0v) is 36.1. The molecule has 17 heteroatoms. The largest absolute Gasteiger partial charge is 0.507 e. The molecule has 1 saturated heterocycles. The van der Waals surface area contributed by atoms with Crippen LogP contribution in [0.25, 0.3) is 5.69 Å². The molecular weight excluding hydrogens is 843 g/mol. The third kappa shape index (κ3) is 7.78. The third-order valence-corrected chi connectivity index (χ3v) is 14.2. The summed E-state index contributed by atoms with van der Waals surface area (Å²) in [7, 11) is 2.91. The summed E-state index contributed by atoms with van der Waals surface area (Å²) in [4.78, 5) is 66.3. The molecule has 1 aromatic heterocycles. The summed E-state index contributed by atoms with van der Waals surface area (Å²) in [5.74, 6) is -4.41. The summed E-state index contributed by atoms with van der Waals surface area (Å²) >= 11 is 0. The van der Waals surface area contributed by atoms with Crippen molar-refractivity contribution >= 4 is 29.2 Å². The minimum Gasteiger partial charge on any atom is -0.507 e. The Bertz CT molecular complexity index is 2570. The zero-order valence-electron chi connectivity index (χ0n) is 36.1. The number of rotatable bonds is 11. The first kappa shape index (κ1) is 44.2. The average molecular weight is 894 g/mol. The highest BCUT2D eigenvalue weighted by Gasteiger charge is 2.52. The molecule has 1 amide bonds. The van der Waals surface area contributed by atoms with Crippen molar-refractivity contribution < 1.29 is 68.5 Å². The second kappa shape index (κ2) is 17.1. The Balaban J connectivity index is 0.869. The summed E-state index contributed by atoms with van der Waals surface area (Å²) in [6, 6.07) is 11.6. The molecule has 2 heterocycles. The molecule has 4 aliphatic carbocycles. The first-order chi connectivity index (χ1) is 31.2. The van der Waals surface area contributed by atoms with Crippen LogP contribution in [-0.2, 0) is 43.1 Å². The SMILES string of the molecule is CNC(=O)c1ccc(-n2cc3c(n2)CCC2C(CC3)C2COC(=O)C[C@H]2C[C@H](O[C@H]3C[C@](O)(C(=O)CO)Cc4c(O)c5c(c(O)c43)C(=O)c3c(OC)cccc3C5=O)O[C@@H](C)[C@@H]2O)cc1. The van der Waals surface area contributed by atoms with Crippen LogP contribution in [-0.4, -0.2) is 116 Å². The lowest BCUT2D eigenvalue weighted by Gasteiger charge is -2.42. The molecule has 3 unspecified atom stereocenters. The van der Waals surface area contributed by atoms with Crippen LogP contribution in [0.15, 0.2) is 48.7 Å². The highest BCUT2D eigenvalue weighted by Crippen LogP contribution is 2.54. The molecule has 1 saturated carbocycles. The number of carbonyl (C=O) groups is 5. The summed E-state index contributed by atoms with van der Waals surface area (Å²) in [5, 5.41) is 63.7. The van der Waals surface area contributed by atoms with Gasteiger partial charge in [-0.15, -0.1) is 0 Å². The van der Waals surface area contributed by atoms with Gasteiger partial charge in [0.25, 0.3) is 5.91 Å². The van der Waals surface area contributed by atoms with E-state index in [-0.39, 0.29) is 59.3 Å². The summed E-state index contributed by atoms with van der Waals surface area (Å²) in [6.07, 6.45) is -0.539. The van der Waals surface area contributed by atoms with Gasteiger partial charge in [0.1, 0.15) is 29.5 Å². The monoisotopic (exact) mass is 893 g/mol. The van der Waals surface area contributed by atoms with E-state index in [1.807, 2.05) is 23.0 Å². The third-order valence-electron chi connectivity index (χ3n) is 14.2. The Hall–Kier alpha value is -5.98. The number of Topliss-reactive ketones (excluding diaryl/α,β-unsaturated/α-hetero) is 1. The van der Waals surface area contributed by atoms with Gasteiger partial charge in [-0.3, -0.25) is 24.0 Å². The lowest BCUT2D eigenvalue weighted by molar-refractivity contribution is -0.257. The lowest BCUT2D eigenvalue weighted by atomic mass is 9.72. The smallest absolute Gasteiger partial charge is 0.306 e. The molecule has 342 valence electrons. The van der Waals surface area contributed by atoms with E-state index in [1.54, 1.807) is 26.1 Å². The first-order valence-electron chi connectivity index (χ1n) is 21.9. The predicted molar refractivity (Wildman–Crippen MR) is 227 cm³/mol. The van der Waals surface area contributed by atoms with Gasteiger partial charge in [0.2, 0.25) is 5.78 Å². The number of hydrogen-bond donors (Lipinski definition) is 6. The Morgan fingerprint density at radius 1 is 0.985 bits per heavy atom. The number of nitrogens with one attached hydrogen (secondary N) is 1. The number of phenols is 2. The van der Waals surface area contributed by atoms with Crippen LogP contribution in [0.3, 0.4) is 0 Å². The fourth-order valence-electron chi connectivity index (χ4n) is 10.6. The first-order valence-corrected chi connectivity index (χ1v) is 21.9. The Morgan fingerprint density at radius 3 is 2.42 bits per heavy atom. The van der Waals surface area contributed by atoms with Crippen LogP contribution in [0.1, 0.15) is 110 Å². The quantitative estimate of drug-likeness (QED) is 0.0823. The van der Waals surface area contributed by atoms with Gasteiger partial charge in [-0.05, 0) is 86.3 Å². The molecule has 5 aliphatic rings. The summed E-state index contributed by atoms with van der Waals surface area (Å²) in [6.45, 7) is 0.757. The number of benzene rings is 3. The van der Waals surface area contributed by atoms with E-state index in [9.17, 15) is 49.5 Å². The van der Waals surface area contributed by atoms with Crippen molar-refractivity contribution in [1.82, 2.24) is 15.1 Å². The molecule has 0 bridgehead atoms. The van der Waals surface area contributed by atoms with Crippen LogP contribution in [0.2, 0.25) is 0 Å². The minimum atomic E-state index is -2.33. The fraction of sp³-hybridized carbons (Fsp3) is 0.458. The Kier molecular flexibility index (Phi) is 11.6. The number of ketones is 3. The number of phenolic OH excluding ortho intramolecular Hbond substituents is 2. The molecule has 0 spiro atoms. The van der Waals surface area contributed by atoms with Crippen LogP contribution in [0.5, 0.6) is 17.2 Å². The van der Waals surface area contributed by atoms with Crippen molar-refractivity contribution in [2.45, 2.75) is 88.5 Å². The summed E-state index contributed by atoms with van der Waals surface area (Å²) < 4.78 is 25.4. The number of aromatic hydroxyl groups is 2. The number of hydrogen-bond acceptors (Lipinski definition) is 15. The zero-order chi connectivity index (χ0) is 46.1. The van der Waals surface area contributed by atoms with E-state index in [2.05, 4.69) is 5.32 Å². The second-order valence-corrected chi connectivity index (χ2v) is 17.9. The molecule has 65 heavy (non-hydrogen) atoms. The standard InChI is InChI=1S/C48H51N3O14/c1-22-42(55)25(15-36(54)63-21-31-27-12-9-24-19-51(50-32(24)14-13-28(27)31)26-10-7-23(8-11-26)47(60)49-2)16-37(64-22)65-34-18-48(61,35(53)20-52)17-30-39(34)46(59)41-40(44(30)57)43(56)29-5-4-6-33(62-3)38(29)45(41)58/h4-8,10-11,19,22,25,27-28,31,34,37,42,52,55,57,59,61H,9,12-18,20-21H2,1-3H3,(H,49,60)/t22-,25-,27?,28?,31?,34-,37-,42-,48-/m0/s1. The van der Waals surface area contributed by atoms with Gasteiger partial charge >= 0.3 is 5.97 Å². The number of aliphatic hydroxyl groups is 3. The van der Waals surface area contributed by atoms with Crippen molar-refractivity contribution in [3.63, 3.8) is 0 Å². The number of fused-ring (bicyclic) bond motifs is 5. The van der Waals surface area contributed by atoms with Crippen molar-refractivity contribution in [3.8, 4) is 22.9 Å². The number of aryl methyl sites for hydroxylation is 2. The van der Waals surface area contributed by atoms with Crippen molar-refractivity contribution in [2.75, 3.05) is 27.4 Å². The van der Waals surface area contributed by atoms with Crippen LogP contribution < -0.4 is 10.1 Å². The normalized spacial score (nSPS) is 27.7. The maximum Gasteiger partial charge on any atom is 0.306 e. The average Bonchev–Trinajstić information content (AvgIpc) is 3.80. The minimum absolute atomic E-state index is 0.0559. The number of amides is 1. The highest BCUT2D eigenvalue weighted by molar-refractivity contribution is 6.31. The molecule has 6 N–H and O–H groups in total. The molecule has 2 fully saturated rings. The number of aromatic nitrogens is 2. The molecule has 9 rings (SSSR count). The Morgan fingerprint density at radius 2 is 1.71 bits per heavy atom. The van der Waals surface area contributed by atoms with Gasteiger partial charge in [0, 0.05) is 60.7 Å². The maximum absolute atomic E-state index is 14.0. The highest BCUT2D eigenvalue weighted by atomic mass is 16.7. The van der Waals surface area contributed by atoms with Gasteiger partial charge in [-0.25, -0.2) is 4.68 Å². The molecule has 1 aliphatic heterocycles.